The molecule has 0 spiro atoms. The number of piperidine rings is 1. The SMILES string of the molecule is CC(CNC1CC1)C(C)N1CC2CCCCN2CC1C. The molecule has 2 aliphatic heterocycles. The molecule has 0 amide bonds. The van der Waals surface area contributed by atoms with Crippen LogP contribution in [0.1, 0.15) is 52.9 Å². The lowest BCUT2D eigenvalue weighted by Gasteiger charge is -2.50. The Labute approximate surface area is 125 Å². The van der Waals surface area contributed by atoms with Crippen LogP contribution in [0.25, 0.3) is 0 Å². The summed E-state index contributed by atoms with van der Waals surface area (Å²) in [6.07, 6.45) is 7.08. The molecule has 3 fully saturated rings. The topological polar surface area (TPSA) is 18.5 Å². The zero-order valence-electron chi connectivity index (χ0n) is 13.6. The van der Waals surface area contributed by atoms with Crippen molar-refractivity contribution in [3.63, 3.8) is 0 Å². The number of rotatable bonds is 5. The third-order valence-corrected chi connectivity index (χ3v) is 5.89. The molecular weight excluding hydrogens is 246 g/mol. The Balaban J connectivity index is 1.53. The maximum atomic E-state index is 3.71. The van der Waals surface area contributed by atoms with Crippen molar-refractivity contribution in [2.75, 3.05) is 26.2 Å². The van der Waals surface area contributed by atoms with Gasteiger partial charge in [-0.3, -0.25) is 9.80 Å². The first-order valence-corrected chi connectivity index (χ1v) is 8.88. The predicted octanol–water partition coefficient (Wildman–Crippen LogP) is 2.32. The highest BCUT2D eigenvalue weighted by Gasteiger charge is 2.36. The van der Waals surface area contributed by atoms with Crippen molar-refractivity contribution in [1.82, 2.24) is 15.1 Å². The molecule has 0 radical (unpaired) electrons. The van der Waals surface area contributed by atoms with E-state index >= 15 is 0 Å². The Morgan fingerprint density at radius 1 is 1.10 bits per heavy atom. The number of hydrogen-bond donors (Lipinski definition) is 1. The first-order chi connectivity index (χ1) is 9.65. The van der Waals surface area contributed by atoms with Crippen LogP contribution in [-0.2, 0) is 0 Å². The van der Waals surface area contributed by atoms with E-state index in [4.69, 9.17) is 0 Å². The highest BCUT2D eigenvalue weighted by Crippen LogP contribution is 2.27. The second-order valence-electron chi connectivity index (χ2n) is 7.59. The Bertz CT molecular complexity index is 315. The average Bonchev–Trinajstić information content (AvgIpc) is 3.27. The van der Waals surface area contributed by atoms with Gasteiger partial charge in [0.25, 0.3) is 0 Å². The van der Waals surface area contributed by atoms with Crippen molar-refractivity contribution in [1.29, 1.82) is 0 Å². The second-order valence-corrected chi connectivity index (χ2v) is 7.59. The summed E-state index contributed by atoms with van der Waals surface area (Å²) in [4.78, 5) is 5.55. The molecular formula is C17H33N3. The zero-order chi connectivity index (χ0) is 14.1. The summed E-state index contributed by atoms with van der Waals surface area (Å²) in [6, 6.07) is 3.12. The smallest absolute Gasteiger partial charge is 0.0224 e. The van der Waals surface area contributed by atoms with Crippen molar-refractivity contribution >= 4 is 0 Å². The normalized spacial score (nSPS) is 35.5. The predicted molar refractivity (Wildman–Crippen MR) is 85.0 cm³/mol. The molecule has 0 aromatic carbocycles. The highest BCUT2D eigenvalue weighted by molar-refractivity contribution is 4.92. The molecule has 3 aliphatic rings. The van der Waals surface area contributed by atoms with Gasteiger partial charge in [0.15, 0.2) is 0 Å². The summed E-state index contributed by atoms with van der Waals surface area (Å²) in [5.41, 5.74) is 0. The van der Waals surface area contributed by atoms with Gasteiger partial charge in [-0.05, 0) is 58.5 Å². The first kappa shape index (κ1) is 14.8. The van der Waals surface area contributed by atoms with E-state index < -0.39 is 0 Å². The molecule has 0 aromatic rings. The monoisotopic (exact) mass is 279 g/mol. The van der Waals surface area contributed by atoms with Crippen LogP contribution in [0.3, 0.4) is 0 Å². The van der Waals surface area contributed by atoms with Gasteiger partial charge in [0.2, 0.25) is 0 Å². The van der Waals surface area contributed by atoms with Gasteiger partial charge in [-0.15, -0.1) is 0 Å². The van der Waals surface area contributed by atoms with Gasteiger partial charge in [-0.2, -0.15) is 0 Å². The van der Waals surface area contributed by atoms with Gasteiger partial charge < -0.3 is 5.32 Å². The molecule has 116 valence electrons. The van der Waals surface area contributed by atoms with Crippen LogP contribution in [0, 0.1) is 5.92 Å². The summed E-state index contributed by atoms with van der Waals surface area (Å²) >= 11 is 0. The zero-order valence-corrected chi connectivity index (χ0v) is 13.6. The molecule has 1 N–H and O–H groups in total. The minimum Gasteiger partial charge on any atom is -0.314 e. The van der Waals surface area contributed by atoms with E-state index in [1.165, 1.54) is 58.3 Å². The largest absolute Gasteiger partial charge is 0.314 e. The molecule has 3 nitrogen and oxygen atoms in total. The van der Waals surface area contributed by atoms with Crippen LogP contribution >= 0.6 is 0 Å². The van der Waals surface area contributed by atoms with Crippen molar-refractivity contribution in [3.8, 4) is 0 Å². The van der Waals surface area contributed by atoms with Crippen LogP contribution in [-0.4, -0.2) is 60.1 Å². The minimum atomic E-state index is 0.709. The fourth-order valence-electron chi connectivity index (χ4n) is 4.08. The molecule has 20 heavy (non-hydrogen) atoms. The molecule has 1 aliphatic carbocycles. The number of hydrogen-bond acceptors (Lipinski definition) is 3. The van der Waals surface area contributed by atoms with Gasteiger partial charge in [-0.25, -0.2) is 0 Å². The lowest BCUT2D eigenvalue weighted by molar-refractivity contribution is -0.0153. The summed E-state index contributed by atoms with van der Waals surface area (Å²) in [6.45, 7) is 12.4. The second kappa shape index (κ2) is 6.33. The molecule has 2 heterocycles. The van der Waals surface area contributed by atoms with Crippen LogP contribution in [0.5, 0.6) is 0 Å². The van der Waals surface area contributed by atoms with Crippen molar-refractivity contribution in [2.45, 2.75) is 77.0 Å². The van der Waals surface area contributed by atoms with Crippen LogP contribution in [0.15, 0.2) is 0 Å². The van der Waals surface area contributed by atoms with Crippen LogP contribution in [0.2, 0.25) is 0 Å². The van der Waals surface area contributed by atoms with Crippen molar-refractivity contribution in [3.05, 3.63) is 0 Å². The Hall–Kier alpha value is -0.120. The van der Waals surface area contributed by atoms with Gasteiger partial charge in [-0.1, -0.05) is 13.3 Å². The number of nitrogens with zero attached hydrogens (tertiary/aromatic N) is 2. The lowest BCUT2D eigenvalue weighted by Crippen LogP contribution is -2.61. The van der Waals surface area contributed by atoms with E-state index in [2.05, 4.69) is 35.9 Å². The van der Waals surface area contributed by atoms with E-state index in [1.54, 1.807) is 0 Å². The summed E-state index contributed by atoms with van der Waals surface area (Å²) < 4.78 is 0. The van der Waals surface area contributed by atoms with Crippen molar-refractivity contribution < 1.29 is 0 Å². The van der Waals surface area contributed by atoms with Gasteiger partial charge in [0.1, 0.15) is 0 Å². The molecule has 0 aromatic heterocycles. The van der Waals surface area contributed by atoms with E-state index in [1.807, 2.05) is 0 Å². The van der Waals surface area contributed by atoms with Crippen LogP contribution in [0.4, 0.5) is 0 Å². The number of piperazine rings is 1. The summed E-state index contributed by atoms with van der Waals surface area (Å²) in [5.74, 6) is 0.758. The Morgan fingerprint density at radius 3 is 2.65 bits per heavy atom. The quantitative estimate of drug-likeness (QED) is 0.833. The average molecular weight is 279 g/mol. The van der Waals surface area contributed by atoms with E-state index in [0.29, 0.717) is 6.04 Å². The first-order valence-electron chi connectivity index (χ1n) is 8.88. The Kier molecular flexibility index (Phi) is 4.68. The highest BCUT2D eigenvalue weighted by atomic mass is 15.3. The van der Waals surface area contributed by atoms with Crippen LogP contribution < -0.4 is 5.32 Å². The maximum absolute atomic E-state index is 3.71. The van der Waals surface area contributed by atoms with E-state index in [9.17, 15) is 0 Å². The molecule has 2 saturated heterocycles. The Morgan fingerprint density at radius 2 is 1.90 bits per heavy atom. The van der Waals surface area contributed by atoms with Crippen molar-refractivity contribution in [2.24, 2.45) is 5.92 Å². The lowest BCUT2D eigenvalue weighted by atomic mass is 9.93. The third-order valence-electron chi connectivity index (χ3n) is 5.89. The van der Waals surface area contributed by atoms with Gasteiger partial charge in [0, 0.05) is 37.3 Å². The van der Waals surface area contributed by atoms with Gasteiger partial charge in [0.05, 0.1) is 0 Å². The fraction of sp³-hybridized carbons (Fsp3) is 1.00. The minimum absolute atomic E-state index is 0.709. The van der Waals surface area contributed by atoms with Gasteiger partial charge >= 0.3 is 0 Å². The summed E-state index contributed by atoms with van der Waals surface area (Å²) in [5, 5.41) is 3.71. The maximum Gasteiger partial charge on any atom is 0.0224 e. The number of fused-ring (bicyclic) bond motifs is 1. The molecule has 1 saturated carbocycles. The van der Waals surface area contributed by atoms with E-state index in [-0.39, 0.29) is 0 Å². The molecule has 4 unspecified atom stereocenters. The molecule has 3 heteroatoms. The van der Waals surface area contributed by atoms with E-state index in [0.717, 1.165) is 24.0 Å². The fourth-order valence-corrected chi connectivity index (χ4v) is 4.08. The molecule has 4 atom stereocenters. The molecule has 3 rings (SSSR count). The molecule has 0 bridgehead atoms. The standard InChI is InChI=1S/C17H33N3/c1-13(10-18-16-7-8-16)15(3)20-12-17-6-4-5-9-19(17)11-14(20)2/h13-18H,4-12H2,1-3H3. The number of nitrogens with one attached hydrogen (secondary N) is 1. The summed E-state index contributed by atoms with van der Waals surface area (Å²) in [7, 11) is 0. The third kappa shape index (κ3) is 3.37.